The molecule has 0 fully saturated rings. The molecule has 0 saturated heterocycles. The molecule has 6 heteroatoms. The van der Waals surface area contributed by atoms with Gasteiger partial charge in [0.25, 0.3) is 0 Å². The number of ether oxygens (including phenoxy) is 1. The van der Waals surface area contributed by atoms with Crippen molar-refractivity contribution in [3.8, 4) is 0 Å². The number of nitrogens with one attached hydrogen (secondary N) is 1. The van der Waals surface area contributed by atoms with Crippen LogP contribution >= 0.6 is 11.8 Å². The molecule has 0 aliphatic carbocycles. The van der Waals surface area contributed by atoms with E-state index in [1.807, 2.05) is 0 Å². The number of amides is 1. The summed E-state index contributed by atoms with van der Waals surface area (Å²) in [7, 11) is 1.52. The van der Waals surface area contributed by atoms with Crippen molar-refractivity contribution < 1.29 is 19.0 Å². The average molecular weight is 301 g/mol. The fourth-order valence-electron chi connectivity index (χ4n) is 1.55. The van der Waals surface area contributed by atoms with Crippen molar-refractivity contribution in [2.75, 3.05) is 26.0 Å². The molecule has 2 N–H and O–H groups in total. The molecule has 0 aromatic heterocycles. The zero-order chi connectivity index (χ0) is 14.8. The van der Waals surface area contributed by atoms with Crippen LogP contribution in [0.4, 0.5) is 4.39 Å². The molecule has 1 atom stereocenters. The largest absolute Gasteiger partial charge is 0.391 e. The van der Waals surface area contributed by atoms with Crippen molar-refractivity contribution >= 4 is 17.7 Å². The Hall–Kier alpha value is -1.11. The molecule has 0 aliphatic heterocycles. The van der Waals surface area contributed by atoms with Gasteiger partial charge in [-0.15, -0.1) is 11.8 Å². The first-order valence-electron chi connectivity index (χ1n) is 6.37. The lowest BCUT2D eigenvalue weighted by atomic mass is 10.2. The van der Waals surface area contributed by atoms with Crippen LogP contribution in [0.3, 0.4) is 0 Å². The molecule has 112 valence electrons. The van der Waals surface area contributed by atoms with Gasteiger partial charge < -0.3 is 15.2 Å². The second-order valence-electron chi connectivity index (χ2n) is 4.37. The maximum atomic E-state index is 12.7. The molecule has 20 heavy (non-hydrogen) atoms. The molecular formula is C14H20FNO3S. The molecule has 1 amide bonds. The van der Waals surface area contributed by atoms with Gasteiger partial charge in [-0.1, -0.05) is 12.1 Å². The van der Waals surface area contributed by atoms with E-state index >= 15 is 0 Å². The van der Waals surface area contributed by atoms with E-state index in [-0.39, 0.29) is 18.3 Å². The highest BCUT2D eigenvalue weighted by atomic mass is 32.2. The molecule has 1 unspecified atom stereocenters. The van der Waals surface area contributed by atoms with Crippen LogP contribution < -0.4 is 5.32 Å². The van der Waals surface area contributed by atoms with Crippen LogP contribution in [-0.4, -0.2) is 43.1 Å². The number of halogens is 1. The standard InChI is InChI=1S/C14H20FNO3S/c1-19-8-13(17)6-7-16-14(18)10-20-9-11-2-4-12(15)5-3-11/h2-5,13,17H,6-10H2,1H3,(H,16,18). The lowest BCUT2D eigenvalue weighted by molar-refractivity contribution is -0.118. The maximum Gasteiger partial charge on any atom is 0.230 e. The summed E-state index contributed by atoms with van der Waals surface area (Å²) in [6.45, 7) is 0.704. The number of hydrogen-bond acceptors (Lipinski definition) is 4. The minimum Gasteiger partial charge on any atom is -0.391 e. The van der Waals surface area contributed by atoms with Gasteiger partial charge in [0, 0.05) is 19.4 Å². The summed E-state index contributed by atoms with van der Waals surface area (Å²) in [5.74, 6) is 0.686. The van der Waals surface area contributed by atoms with Crippen molar-refractivity contribution in [3.05, 3.63) is 35.6 Å². The Balaban J connectivity index is 2.09. The summed E-state index contributed by atoms with van der Waals surface area (Å²) in [4.78, 5) is 11.5. The van der Waals surface area contributed by atoms with Gasteiger partial charge >= 0.3 is 0 Å². The maximum absolute atomic E-state index is 12.7. The van der Waals surface area contributed by atoms with Crippen LogP contribution in [0.5, 0.6) is 0 Å². The third kappa shape index (κ3) is 7.47. The van der Waals surface area contributed by atoms with Gasteiger partial charge in [0.2, 0.25) is 5.91 Å². The number of methoxy groups -OCH3 is 1. The third-order valence-electron chi connectivity index (χ3n) is 2.57. The summed E-state index contributed by atoms with van der Waals surface area (Å²) >= 11 is 1.47. The second-order valence-corrected chi connectivity index (χ2v) is 5.35. The number of thioether (sulfide) groups is 1. The third-order valence-corrected chi connectivity index (χ3v) is 3.58. The van der Waals surface area contributed by atoms with E-state index in [0.717, 1.165) is 5.56 Å². The van der Waals surface area contributed by atoms with Crippen LogP contribution in [0.1, 0.15) is 12.0 Å². The van der Waals surface area contributed by atoms with Crippen molar-refractivity contribution in [3.63, 3.8) is 0 Å². The number of carbonyl (C=O) groups excluding carboxylic acids is 1. The minimum absolute atomic E-state index is 0.0678. The van der Waals surface area contributed by atoms with Gasteiger partial charge in [-0.2, -0.15) is 0 Å². The van der Waals surface area contributed by atoms with Crippen molar-refractivity contribution in [2.24, 2.45) is 0 Å². The molecule has 0 saturated carbocycles. The Morgan fingerprint density at radius 2 is 2.15 bits per heavy atom. The normalized spacial score (nSPS) is 12.2. The highest BCUT2D eigenvalue weighted by molar-refractivity contribution is 7.99. The molecule has 0 bridgehead atoms. The van der Waals surface area contributed by atoms with Crippen LogP contribution in [0.25, 0.3) is 0 Å². The molecular weight excluding hydrogens is 281 g/mol. The van der Waals surface area contributed by atoms with E-state index in [0.29, 0.717) is 24.5 Å². The number of aliphatic hydroxyl groups is 1. The minimum atomic E-state index is -0.549. The Labute approximate surface area is 122 Å². The number of hydrogen-bond donors (Lipinski definition) is 2. The van der Waals surface area contributed by atoms with Crippen molar-refractivity contribution in [1.29, 1.82) is 0 Å². The molecule has 1 aromatic rings. The highest BCUT2D eigenvalue weighted by Crippen LogP contribution is 2.12. The quantitative estimate of drug-likeness (QED) is 0.727. The SMILES string of the molecule is COCC(O)CCNC(=O)CSCc1ccc(F)cc1. The molecule has 1 rings (SSSR count). The first-order valence-corrected chi connectivity index (χ1v) is 7.53. The molecule has 0 spiro atoms. The predicted octanol–water partition coefficient (Wildman–Crippen LogP) is 1.57. The summed E-state index contributed by atoms with van der Waals surface area (Å²) in [5.41, 5.74) is 0.986. The average Bonchev–Trinajstić information content (AvgIpc) is 2.41. The van der Waals surface area contributed by atoms with E-state index < -0.39 is 6.10 Å². The van der Waals surface area contributed by atoms with Gasteiger partial charge in [0.05, 0.1) is 18.5 Å². The highest BCUT2D eigenvalue weighted by Gasteiger charge is 2.05. The van der Waals surface area contributed by atoms with Crippen molar-refractivity contribution in [2.45, 2.75) is 18.3 Å². The number of carbonyl (C=O) groups is 1. The van der Waals surface area contributed by atoms with Gasteiger partial charge in [0.1, 0.15) is 5.82 Å². The first-order chi connectivity index (χ1) is 9.61. The molecule has 0 radical (unpaired) electrons. The van der Waals surface area contributed by atoms with Gasteiger partial charge in [0.15, 0.2) is 0 Å². The van der Waals surface area contributed by atoms with E-state index in [2.05, 4.69) is 5.32 Å². The lowest BCUT2D eigenvalue weighted by Crippen LogP contribution is -2.29. The monoisotopic (exact) mass is 301 g/mol. The molecule has 1 aromatic carbocycles. The second kappa shape index (κ2) is 9.74. The topological polar surface area (TPSA) is 58.6 Å². The fraction of sp³-hybridized carbons (Fsp3) is 0.500. The van der Waals surface area contributed by atoms with E-state index in [1.54, 1.807) is 12.1 Å². The zero-order valence-electron chi connectivity index (χ0n) is 11.5. The van der Waals surface area contributed by atoms with E-state index in [1.165, 1.54) is 31.0 Å². The summed E-state index contributed by atoms with van der Waals surface area (Å²) in [6, 6.07) is 6.24. The van der Waals surface area contributed by atoms with Crippen LogP contribution in [0.2, 0.25) is 0 Å². The Morgan fingerprint density at radius 1 is 1.45 bits per heavy atom. The fourth-order valence-corrected chi connectivity index (χ4v) is 2.36. The Kier molecular flexibility index (Phi) is 8.25. The van der Waals surface area contributed by atoms with Crippen LogP contribution in [0.15, 0.2) is 24.3 Å². The summed E-state index contributed by atoms with van der Waals surface area (Å²) in [5, 5.41) is 12.1. The van der Waals surface area contributed by atoms with Gasteiger partial charge in [-0.05, 0) is 24.1 Å². The number of rotatable bonds is 9. The van der Waals surface area contributed by atoms with Crippen LogP contribution in [-0.2, 0) is 15.3 Å². The van der Waals surface area contributed by atoms with Crippen molar-refractivity contribution in [1.82, 2.24) is 5.32 Å². The first kappa shape index (κ1) is 16.9. The lowest BCUT2D eigenvalue weighted by Gasteiger charge is -2.10. The number of aliphatic hydroxyl groups excluding tert-OH is 1. The van der Waals surface area contributed by atoms with Gasteiger partial charge in [-0.25, -0.2) is 4.39 Å². The molecule has 0 aliphatic rings. The Morgan fingerprint density at radius 3 is 2.80 bits per heavy atom. The van der Waals surface area contributed by atoms with E-state index in [9.17, 15) is 14.3 Å². The summed E-state index contributed by atoms with van der Waals surface area (Å²) in [6.07, 6.45) is -0.0745. The zero-order valence-corrected chi connectivity index (χ0v) is 12.3. The predicted molar refractivity (Wildman–Crippen MR) is 78.1 cm³/mol. The van der Waals surface area contributed by atoms with Gasteiger partial charge in [-0.3, -0.25) is 4.79 Å². The molecule has 4 nitrogen and oxygen atoms in total. The smallest absolute Gasteiger partial charge is 0.230 e. The molecule has 0 heterocycles. The van der Waals surface area contributed by atoms with E-state index in [4.69, 9.17) is 4.74 Å². The number of benzene rings is 1. The van der Waals surface area contributed by atoms with Crippen LogP contribution in [0, 0.1) is 5.82 Å². The summed E-state index contributed by atoms with van der Waals surface area (Å²) < 4.78 is 17.5. The Bertz CT molecular complexity index is 400.